The van der Waals surface area contributed by atoms with E-state index in [1.165, 1.54) is 0 Å². The van der Waals surface area contributed by atoms with Gasteiger partial charge in [-0.2, -0.15) is 5.26 Å². The number of aliphatic hydroxyl groups is 2. The summed E-state index contributed by atoms with van der Waals surface area (Å²) < 4.78 is 39.2. The Balaban J connectivity index is 2.72. The minimum absolute atomic E-state index is 0.517. The third kappa shape index (κ3) is 3.85. The van der Waals surface area contributed by atoms with E-state index < -0.39 is 47.4 Å². The first-order valence-electron chi connectivity index (χ1n) is 4.25. The lowest BCUT2D eigenvalue weighted by Crippen LogP contribution is -2.52. The molecule has 1 rings (SSSR count). The molecule has 0 aromatic carbocycles. The summed E-state index contributed by atoms with van der Waals surface area (Å²) in [5, 5.41) is 26.6. The summed E-state index contributed by atoms with van der Waals surface area (Å²) in [4.78, 5) is 14.1. The maximum absolute atomic E-state index is 10.8. The van der Waals surface area contributed by atoms with Crippen LogP contribution in [-0.4, -0.2) is 59.0 Å². The number of aliphatic hydroxyl groups excluding tert-OH is 2. The SMILES string of the molecule is O=C(OO)C1C[C@@H](O)C(OS(=O)(=O)[O-])[C@H](O)O1. The van der Waals surface area contributed by atoms with E-state index in [9.17, 15) is 28.0 Å². The van der Waals surface area contributed by atoms with E-state index in [1.807, 2.05) is 0 Å². The molecule has 4 atom stereocenters. The molecule has 0 amide bonds. The average Bonchev–Trinajstić information content (AvgIpc) is 2.20. The van der Waals surface area contributed by atoms with Crippen LogP contribution in [0.5, 0.6) is 0 Å². The minimum atomic E-state index is -5.15. The maximum atomic E-state index is 10.8. The summed E-state index contributed by atoms with van der Waals surface area (Å²) in [6.45, 7) is 0. The van der Waals surface area contributed by atoms with Crippen molar-refractivity contribution >= 4 is 16.4 Å². The first kappa shape index (κ1) is 14.2. The first-order valence-corrected chi connectivity index (χ1v) is 5.59. The molecular weight excluding hydrogens is 264 g/mol. The van der Waals surface area contributed by atoms with Crippen LogP contribution >= 0.6 is 0 Å². The van der Waals surface area contributed by atoms with Gasteiger partial charge in [-0.25, -0.2) is 13.2 Å². The van der Waals surface area contributed by atoms with Crippen LogP contribution in [0.25, 0.3) is 0 Å². The zero-order chi connectivity index (χ0) is 13.2. The van der Waals surface area contributed by atoms with Gasteiger partial charge in [0.15, 0.2) is 18.5 Å². The lowest BCUT2D eigenvalue weighted by atomic mass is 10.0. The molecule has 11 heteroatoms. The lowest BCUT2D eigenvalue weighted by molar-refractivity contribution is -0.276. The van der Waals surface area contributed by atoms with Crippen LogP contribution in [0.3, 0.4) is 0 Å². The zero-order valence-electron chi connectivity index (χ0n) is 8.12. The largest absolute Gasteiger partial charge is 0.726 e. The molecule has 100 valence electrons. The lowest BCUT2D eigenvalue weighted by Gasteiger charge is -2.35. The molecule has 0 aromatic rings. The first-order chi connectivity index (χ1) is 7.74. The molecule has 3 N–H and O–H groups in total. The molecule has 0 saturated carbocycles. The summed E-state index contributed by atoms with van der Waals surface area (Å²) in [5.74, 6) is -1.29. The third-order valence-corrected chi connectivity index (χ3v) is 2.46. The van der Waals surface area contributed by atoms with Gasteiger partial charge in [0.1, 0.15) is 0 Å². The van der Waals surface area contributed by atoms with Gasteiger partial charge in [-0.3, -0.25) is 9.07 Å². The predicted octanol–water partition coefficient (Wildman–Crippen LogP) is -2.68. The Bertz CT molecular complexity index is 364. The van der Waals surface area contributed by atoms with Crippen molar-refractivity contribution in [2.75, 3.05) is 0 Å². The molecule has 0 aromatic heterocycles. The Morgan fingerprint density at radius 1 is 1.41 bits per heavy atom. The van der Waals surface area contributed by atoms with E-state index in [2.05, 4.69) is 13.8 Å². The number of ether oxygens (including phenoxy) is 1. The molecule has 10 nitrogen and oxygen atoms in total. The Hall–Kier alpha value is -0.820. The summed E-state index contributed by atoms with van der Waals surface area (Å²) in [7, 11) is -5.15. The van der Waals surface area contributed by atoms with E-state index in [-0.39, 0.29) is 0 Å². The average molecular weight is 273 g/mol. The fourth-order valence-corrected chi connectivity index (χ4v) is 1.80. The fourth-order valence-electron chi connectivity index (χ4n) is 1.30. The van der Waals surface area contributed by atoms with E-state index in [0.717, 1.165) is 0 Å². The van der Waals surface area contributed by atoms with Crippen LogP contribution < -0.4 is 0 Å². The van der Waals surface area contributed by atoms with Crippen molar-refractivity contribution < 1.29 is 47.0 Å². The molecule has 1 heterocycles. The Morgan fingerprint density at radius 2 is 2.00 bits per heavy atom. The van der Waals surface area contributed by atoms with Crippen molar-refractivity contribution in [3.8, 4) is 0 Å². The maximum Gasteiger partial charge on any atom is 0.370 e. The van der Waals surface area contributed by atoms with E-state index >= 15 is 0 Å². The van der Waals surface area contributed by atoms with E-state index in [1.54, 1.807) is 0 Å². The van der Waals surface area contributed by atoms with Crippen molar-refractivity contribution in [2.24, 2.45) is 0 Å². The normalized spacial score (nSPS) is 34.4. The summed E-state index contributed by atoms with van der Waals surface area (Å²) in [5.41, 5.74) is 0. The van der Waals surface area contributed by atoms with Crippen LogP contribution in [0, 0.1) is 0 Å². The fraction of sp³-hybridized carbons (Fsp3) is 0.833. The molecule has 0 radical (unpaired) electrons. The van der Waals surface area contributed by atoms with Crippen LogP contribution in [0.15, 0.2) is 0 Å². The minimum Gasteiger partial charge on any atom is -0.726 e. The van der Waals surface area contributed by atoms with Crippen molar-refractivity contribution in [1.29, 1.82) is 0 Å². The number of hydrogen-bond donors (Lipinski definition) is 3. The van der Waals surface area contributed by atoms with Gasteiger partial charge in [0.2, 0.25) is 10.4 Å². The number of carbonyl (C=O) groups excluding carboxylic acids is 1. The van der Waals surface area contributed by atoms with E-state index in [4.69, 9.17) is 5.26 Å². The second-order valence-corrected chi connectivity index (χ2v) is 4.21. The van der Waals surface area contributed by atoms with Crippen LogP contribution in [-0.2, 0) is 29.0 Å². The molecule has 0 bridgehead atoms. The quantitative estimate of drug-likeness (QED) is 0.213. The smallest absolute Gasteiger partial charge is 0.370 e. The number of rotatable bonds is 3. The predicted molar refractivity (Wildman–Crippen MR) is 44.8 cm³/mol. The number of hydrogen-bond acceptors (Lipinski definition) is 10. The van der Waals surface area contributed by atoms with Gasteiger partial charge in [-0.05, 0) is 0 Å². The van der Waals surface area contributed by atoms with Gasteiger partial charge >= 0.3 is 5.97 Å². The molecule has 1 aliphatic heterocycles. The Kier molecular flexibility index (Phi) is 4.37. The van der Waals surface area contributed by atoms with Crippen LogP contribution in [0.1, 0.15) is 6.42 Å². The Labute approximate surface area is 95.2 Å². The van der Waals surface area contributed by atoms with E-state index in [0.29, 0.717) is 0 Å². The zero-order valence-corrected chi connectivity index (χ0v) is 8.94. The van der Waals surface area contributed by atoms with Gasteiger partial charge in [0.25, 0.3) is 0 Å². The second kappa shape index (κ2) is 5.22. The molecule has 0 aliphatic carbocycles. The molecule has 1 saturated heterocycles. The van der Waals surface area contributed by atoms with Gasteiger partial charge in [-0.15, -0.1) is 0 Å². The molecular formula is C6H9O10S-. The highest BCUT2D eigenvalue weighted by Crippen LogP contribution is 2.23. The standard InChI is InChI=1S/C6H10O10S/c7-2-1-3(5(8)15-10)14-6(9)4(2)16-17(11,12)13/h2-4,6-7,9-10H,1H2,(H,11,12,13)/p-1/t2-,3?,4?,6-/m1/s1. The molecule has 1 fully saturated rings. The van der Waals surface area contributed by atoms with Gasteiger partial charge < -0.3 is 19.5 Å². The molecule has 0 spiro atoms. The summed E-state index contributed by atoms with van der Waals surface area (Å²) in [6, 6.07) is 0. The van der Waals surface area contributed by atoms with Gasteiger partial charge in [0, 0.05) is 6.42 Å². The molecule has 1 aliphatic rings. The Morgan fingerprint density at radius 3 is 2.41 bits per heavy atom. The van der Waals surface area contributed by atoms with Crippen LogP contribution in [0.4, 0.5) is 0 Å². The summed E-state index contributed by atoms with van der Waals surface area (Å²) in [6.07, 6.45) is -7.56. The van der Waals surface area contributed by atoms with Crippen molar-refractivity contribution in [1.82, 2.24) is 0 Å². The number of carbonyl (C=O) groups is 1. The molecule has 2 unspecified atom stereocenters. The second-order valence-electron chi connectivity index (χ2n) is 3.20. The van der Waals surface area contributed by atoms with Crippen molar-refractivity contribution in [3.05, 3.63) is 0 Å². The summed E-state index contributed by atoms with van der Waals surface area (Å²) >= 11 is 0. The van der Waals surface area contributed by atoms with Gasteiger partial charge in [0.05, 0.1) is 6.10 Å². The monoisotopic (exact) mass is 273 g/mol. The highest BCUT2D eigenvalue weighted by molar-refractivity contribution is 7.80. The van der Waals surface area contributed by atoms with Crippen molar-refractivity contribution in [3.63, 3.8) is 0 Å². The third-order valence-electron chi connectivity index (χ3n) is 2.00. The van der Waals surface area contributed by atoms with Crippen LogP contribution in [0.2, 0.25) is 0 Å². The molecule has 17 heavy (non-hydrogen) atoms. The van der Waals surface area contributed by atoms with Crippen molar-refractivity contribution in [2.45, 2.75) is 31.0 Å². The highest BCUT2D eigenvalue weighted by atomic mass is 32.3. The topological polar surface area (TPSA) is 163 Å². The highest BCUT2D eigenvalue weighted by Gasteiger charge is 2.42. The van der Waals surface area contributed by atoms with Gasteiger partial charge in [-0.1, -0.05) is 0 Å².